The van der Waals surface area contributed by atoms with Gasteiger partial charge in [-0.05, 0) is 34.0 Å². The first-order chi connectivity index (χ1) is 23.2. The van der Waals surface area contributed by atoms with E-state index in [1.54, 1.807) is 0 Å². The molecule has 0 aliphatic heterocycles. The molecule has 0 atom stereocenters. The van der Waals surface area contributed by atoms with Crippen LogP contribution in [0.5, 0.6) is 0 Å². The Balaban J connectivity index is 1.14. The number of pyridine rings is 1. The number of fused-ring (bicyclic) bond motifs is 7. The van der Waals surface area contributed by atoms with Crippen molar-refractivity contribution >= 4 is 76.2 Å². The molecule has 9 aromatic rings. The van der Waals surface area contributed by atoms with Crippen LogP contribution in [0.2, 0.25) is 0 Å². The number of thiophene rings is 1. The molecule has 0 fully saturated rings. The van der Waals surface area contributed by atoms with Gasteiger partial charge in [-0.15, -0.1) is 11.3 Å². The van der Waals surface area contributed by atoms with E-state index in [1.165, 1.54) is 36.3 Å². The second kappa shape index (κ2) is 11.2. The van der Waals surface area contributed by atoms with Gasteiger partial charge in [0.05, 0.1) is 15.9 Å². The molecule has 222 valence electrons. The molecule has 0 amide bonds. The fraction of sp³-hybridized carbons (Fsp3) is 0. The highest BCUT2D eigenvalue weighted by Crippen LogP contribution is 2.45. The first kappa shape index (κ1) is 27.9. The van der Waals surface area contributed by atoms with Gasteiger partial charge in [0.25, 0.3) is 0 Å². The molecule has 7 aromatic carbocycles. The Kier molecular flexibility index (Phi) is 6.64. The monoisotopic (exact) mass is 637 g/mol. The normalized spacial score (nSPS) is 11.9. The molecule has 4 heteroatoms. The standard InChI is InChI=1S/C43H28NOPS/c45-46(33-12-3-1-4-13-33,34-14-5-2-6-15-34)35-26-23-30(24-27-35)29-19-21-32(22-20-29)42-43-41(37-17-9-10-18-39(37)47-43)40-36-16-8-7-11-31(36)25-28-38(40)44-42/h1-28H. The molecule has 47 heavy (non-hydrogen) atoms. The number of hydrogen-bond donors (Lipinski definition) is 0. The molecule has 0 radical (unpaired) electrons. The summed E-state index contributed by atoms with van der Waals surface area (Å²) in [6.45, 7) is 0. The van der Waals surface area contributed by atoms with Crippen LogP contribution in [0.1, 0.15) is 0 Å². The lowest BCUT2D eigenvalue weighted by Crippen LogP contribution is -2.24. The lowest BCUT2D eigenvalue weighted by Gasteiger charge is -2.20. The summed E-state index contributed by atoms with van der Waals surface area (Å²) in [5.74, 6) is 0. The molecule has 2 aromatic heterocycles. The van der Waals surface area contributed by atoms with E-state index in [-0.39, 0.29) is 0 Å². The zero-order valence-electron chi connectivity index (χ0n) is 25.4. The molecule has 0 aliphatic carbocycles. The van der Waals surface area contributed by atoms with E-state index in [9.17, 15) is 4.57 Å². The first-order valence-electron chi connectivity index (χ1n) is 15.7. The number of hydrogen-bond acceptors (Lipinski definition) is 3. The highest BCUT2D eigenvalue weighted by molar-refractivity contribution is 7.85. The fourth-order valence-corrected chi connectivity index (χ4v) is 10.7. The van der Waals surface area contributed by atoms with Crippen LogP contribution in [-0.4, -0.2) is 4.98 Å². The van der Waals surface area contributed by atoms with Gasteiger partial charge in [-0.1, -0.05) is 158 Å². The highest BCUT2D eigenvalue weighted by Gasteiger charge is 2.29. The zero-order chi connectivity index (χ0) is 31.4. The van der Waals surface area contributed by atoms with Gasteiger partial charge in [-0.3, -0.25) is 0 Å². The van der Waals surface area contributed by atoms with E-state index < -0.39 is 7.14 Å². The van der Waals surface area contributed by atoms with Gasteiger partial charge in [0, 0.05) is 42.3 Å². The van der Waals surface area contributed by atoms with Crippen LogP contribution in [0.25, 0.3) is 64.2 Å². The molecular formula is C43H28NOPS. The van der Waals surface area contributed by atoms with E-state index in [2.05, 4.69) is 97.1 Å². The Labute approximate surface area is 277 Å². The Hall–Kier alpha value is -5.34. The lowest BCUT2D eigenvalue weighted by atomic mass is 9.98. The first-order valence-corrected chi connectivity index (χ1v) is 18.3. The van der Waals surface area contributed by atoms with Crippen molar-refractivity contribution in [3.8, 4) is 22.4 Å². The molecule has 0 bridgehead atoms. The molecule has 9 rings (SSSR count). The maximum absolute atomic E-state index is 14.8. The van der Waals surface area contributed by atoms with Crippen LogP contribution in [0, 0.1) is 0 Å². The van der Waals surface area contributed by atoms with E-state index in [1.807, 2.05) is 84.1 Å². The highest BCUT2D eigenvalue weighted by atomic mass is 32.1. The summed E-state index contributed by atoms with van der Waals surface area (Å²) < 4.78 is 17.3. The average Bonchev–Trinajstić information content (AvgIpc) is 3.55. The minimum atomic E-state index is -3.01. The van der Waals surface area contributed by atoms with Gasteiger partial charge in [0.2, 0.25) is 0 Å². The summed E-state index contributed by atoms with van der Waals surface area (Å²) >= 11 is 1.82. The zero-order valence-corrected chi connectivity index (χ0v) is 27.1. The SMILES string of the molecule is O=P(c1ccccc1)(c1ccccc1)c1ccc(-c2ccc(-c3nc4ccc5ccccc5c4c4c3sc3ccccc34)cc2)cc1. The van der Waals surface area contributed by atoms with Crippen LogP contribution in [-0.2, 0) is 4.57 Å². The van der Waals surface area contributed by atoms with Crippen molar-refractivity contribution < 1.29 is 4.57 Å². The minimum Gasteiger partial charge on any atom is -0.309 e. The number of aromatic nitrogens is 1. The molecule has 2 heterocycles. The van der Waals surface area contributed by atoms with Crippen molar-refractivity contribution in [2.45, 2.75) is 0 Å². The second-order valence-electron chi connectivity index (χ2n) is 11.8. The summed E-state index contributed by atoms with van der Waals surface area (Å²) in [6, 6.07) is 58.2. The van der Waals surface area contributed by atoms with Gasteiger partial charge in [0.1, 0.15) is 0 Å². The van der Waals surface area contributed by atoms with Crippen LogP contribution < -0.4 is 15.9 Å². The van der Waals surface area contributed by atoms with Gasteiger partial charge < -0.3 is 4.57 Å². The maximum atomic E-state index is 14.8. The topological polar surface area (TPSA) is 30.0 Å². The molecule has 2 nitrogen and oxygen atoms in total. The molecule has 0 N–H and O–H groups in total. The summed E-state index contributed by atoms with van der Waals surface area (Å²) in [4.78, 5) is 5.30. The maximum Gasteiger partial charge on any atom is 0.171 e. The second-order valence-corrected chi connectivity index (χ2v) is 15.7. The molecular weight excluding hydrogens is 610 g/mol. The molecule has 0 saturated heterocycles. The van der Waals surface area contributed by atoms with Crippen molar-refractivity contribution in [1.29, 1.82) is 0 Å². The third kappa shape index (κ3) is 4.54. The van der Waals surface area contributed by atoms with Gasteiger partial charge >= 0.3 is 0 Å². The van der Waals surface area contributed by atoms with Crippen molar-refractivity contribution in [2.75, 3.05) is 0 Å². The average molecular weight is 638 g/mol. The predicted octanol–water partition coefficient (Wildman–Crippen LogP) is 10.7. The van der Waals surface area contributed by atoms with Crippen LogP contribution in [0.15, 0.2) is 170 Å². The van der Waals surface area contributed by atoms with Crippen molar-refractivity contribution in [3.63, 3.8) is 0 Å². The van der Waals surface area contributed by atoms with Gasteiger partial charge in [0.15, 0.2) is 7.14 Å². The van der Waals surface area contributed by atoms with Crippen LogP contribution in [0.3, 0.4) is 0 Å². The summed E-state index contributed by atoms with van der Waals surface area (Å²) in [5.41, 5.74) is 5.30. The van der Waals surface area contributed by atoms with E-state index >= 15 is 0 Å². The van der Waals surface area contributed by atoms with Crippen LogP contribution in [0.4, 0.5) is 0 Å². The molecule has 0 unspecified atom stereocenters. The molecule has 0 aliphatic rings. The quantitative estimate of drug-likeness (QED) is 0.139. The van der Waals surface area contributed by atoms with Crippen molar-refractivity contribution in [3.05, 3.63) is 170 Å². The number of benzene rings is 7. The van der Waals surface area contributed by atoms with Crippen LogP contribution >= 0.6 is 18.5 Å². The summed E-state index contributed by atoms with van der Waals surface area (Å²) in [6.07, 6.45) is 0. The summed E-state index contributed by atoms with van der Waals surface area (Å²) in [7, 11) is -3.01. The molecule has 0 saturated carbocycles. The Morgan fingerprint density at radius 2 is 0.979 bits per heavy atom. The van der Waals surface area contributed by atoms with Gasteiger partial charge in [-0.25, -0.2) is 4.98 Å². The van der Waals surface area contributed by atoms with Crippen molar-refractivity contribution in [1.82, 2.24) is 4.98 Å². The Bertz CT molecular complexity index is 2580. The Morgan fingerprint density at radius 1 is 0.447 bits per heavy atom. The lowest BCUT2D eigenvalue weighted by molar-refractivity contribution is 0.592. The van der Waals surface area contributed by atoms with E-state index in [4.69, 9.17) is 4.98 Å². The predicted molar refractivity (Wildman–Crippen MR) is 202 cm³/mol. The third-order valence-corrected chi connectivity index (χ3v) is 13.4. The van der Waals surface area contributed by atoms with E-state index in [0.29, 0.717) is 0 Å². The largest absolute Gasteiger partial charge is 0.309 e. The smallest absolute Gasteiger partial charge is 0.171 e. The fourth-order valence-electron chi connectivity index (χ4n) is 6.85. The third-order valence-electron chi connectivity index (χ3n) is 9.16. The minimum absolute atomic E-state index is 0.829. The van der Waals surface area contributed by atoms with E-state index in [0.717, 1.165) is 43.8 Å². The van der Waals surface area contributed by atoms with Gasteiger partial charge in [-0.2, -0.15) is 0 Å². The molecule has 0 spiro atoms. The number of nitrogens with zero attached hydrogens (tertiary/aromatic N) is 1. The Morgan fingerprint density at radius 3 is 1.66 bits per heavy atom. The van der Waals surface area contributed by atoms with Crippen molar-refractivity contribution in [2.24, 2.45) is 0 Å². The summed E-state index contributed by atoms with van der Waals surface area (Å²) in [5, 5.41) is 8.75. The number of rotatable bonds is 5.